The summed E-state index contributed by atoms with van der Waals surface area (Å²) in [5, 5.41) is 1.76. The maximum absolute atomic E-state index is 14.1. The molecule has 3 rings (SSSR count). The minimum Gasteiger partial charge on any atom is -0.346 e. The van der Waals surface area contributed by atoms with Crippen LogP contribution < -0.4 is 10.9 Å². The van der Waals surface area contributed by atoms with Crippen molar-refractivity contribution in [3.8, 4) is 0 Å². The molecule has 1 amide bonds. The van der Waals surface area contributed by atoms with Gasteiger partial charge < -0.3 is 10.3 Å². The van der Waals surface area contributed by atoms with E-state index in [0.717, 1.165) is 13.0 Å². The van der Waals surface area contributed by atoms with Crippen LogP contribution in [0, 0.1) is 17.6 Å². The number of halogens is 6. The van der Waals surface area contributed by atoms with Crippen LogP contribution in [0.4, 0.5) is 26.3 Å². The predicted octanol–water partition coefficient (Wildman–Crippen LogP) is 3.27. The summed E-state index contributed by atoms with van der Waals surface area (Å²) >= 11 is 0. The number of aromatic nitrogens is 1. The standard InChI is InChI=1S/C20H19F6N3O3/c1-8-11(6-15(30)27-9(2)18-13(23)5-10(21)7-29(18)32)19(31)28-14-4-3-12(22)17(16(8)14)20(24,25)26/h3-4,9-10,13,18H,5-7H2,1-2H3,(H-,27,28,30,31)/p+1/t9-,10?,13?,18?/m0/s1. The normalized spacial score (nSPS) is 22.8. The smallest absolute Gasteiger partial charge is 0.346 e. The van der Waals surface area contributed by atoms with Crippen LogP contribution in [0.25, 0.3) is 10.9 Å². The quantitative estimate of drug-likeness (QED) is 0.539. The summed E-state index contributed by atoms with van der Waals surface area (Å²) in [6.07, 6.45) is -9.72. The van der Waals surface area contributed by atoms with Crippen molar-refractivity contribution in [3.63, 3.8) is 0 Å². The van der Waals surface area contributed by atoms with E-state index >= 15 is 0 Å². The molecule has 4 atom stereocenters. The largest absolute Gasteiger partial charge is 0.419 e. The molecule has 32 heavy (non-hydrogen) atoms. The molecule has 3 unspecified atom stereocenters. The molecule has 0 bridgehead atoms. The molecule has 0 aliphatic carbocycles. The second kappa shape index (κ2) is 8.55. The highest BCUT2D eigenvalue weighted by Gasteiger charge is 2.47. The number of aryl methyl sites for hydroxylation is 1. The number of carbonyl (C=O) groups excluding carboxylic acids is 1. The second-order valence-electron chi connectivity index (χ2n) is 7.87. The van der Waals surface area contributed by atoms with Gasteiger partial charge in [0.2, 0.25) is 12.5 Å². The number of nitrogens with one attached hydrogen (secondary N) is 2. The number of fused-ring (bicyclic) bond motifs is 1. The first-order valence-corrected chi connectivity index (χ1v) is 9.73. The highest BCUT2D eigenvalue weighted by atomic mass is 19.4. The van der Waals surface area contributed by atoms with E-state index in [2.05, 4.69) is 10.3 Å². The molecular weight excluding hydrogens is 444 g/mol. The lowest BCUT2D eigenvalue weighted by Gasteiger charge is -2.26. The molecule has 2 heterocycles. The van der Waals surface area contributed by atoms with Crippen LogP contribution in [-0.4, -0.2) is 46.6 Å². The summed E-state index contributed by atoms with van der Waals surface area (Å²) in [6.45, 7) is 1.94. The lowest BCUT2D eigenvalue weighted by molar-refractivity contribution is -0.611. The van der Waals surface area contributed by atoms with Gasteiger partial charge in [0.05, 0.1) is 12.5 Å². The summed E-state index contributed by atoms with van der Waals surface area (Å²) < 4.78 is 81.9. The van der Waals surface area contributed by atoms with E-state index in [-0.39, 0.29) is 21.4 Å². The summed E-state index contributed by atoms with van der Waals surface area (Å²) in [4.78, 5) is 39.0. The van der Waals surface area contributed by atoms with Crippen molar-refractivity contribution in [2.24, 2.45) is 0 Å². The molecule has 12 heteroatoms. The van der Waals surface area contributed by atoms with Crippen LogP contribution in [-0.2, 0) is 17.4 Å². The third-order valence-corrected chi connectivity index (χ3v) is 5.59. The van der Waals surface area contributed by atoms with Gasteiger partial charge in [0.25, 0.3) is 11.6 Å². The van der Waals surface area contributed by atoms with Gasteiger partial charge in [-0.05, 0) is 31.5 Å². The number of hydrogen-bond donors (Lipinski definition) is 2. The number of piperidine rings is 1. The van der Waals surface area contributed by atoms with Gasteiger partial charge in [-0.15, -0.1) is 0 Å². The topological polar surface area (TPSA) is 82.0 Å². The summed E-state index contributed by atoms with van der Waals surface area (Å²) in [6, 6.07) is -0.840. The summed E-state index contributed by atoms with van der Waals surface area (Å²) in [5.74, 6) is -2.39. The number of benzene rings is 1. The zero-order valence-corrected chi connectivity index (χ0v) is 17.0. The van der Waals surface area contributed by atoms with Crippen molar-refractivity contribution in [2.45, 2.75) is 57.3 Å². The predicted molar refractivity (Wildman–Crippen MR) is 102 cm³/mol. The van der Waals surface area contributed by atoms with Crippen LogP contribution in [0.2, 0.25) is 0 Å². The van der Waals surface area contributed by atoms with E-state index in [1.54, 1.807) is 0 Å². The molecule has 1 aromatic carbocycles. The Morgan fingerprint density at radius 1 is 1.31 bits per heavy atom. The Morgan fingerprint density at radius 2 is 1.97 bits per heavy atom. The number of carbonyl (C=O) groups is 1. The van der Waals surface area contributed by atoms with Gasteiger partial charge in [-0.3, -0.25) is 9.59 Å². The number of hydrogen-bond acceptors (Lipinski definition) is 3. The maximum atomic E-state index is 14.1. The molecule has 1 fully saturated rings. The van der Waals surface area contributed by atoms with Crippen molar-refractivity contribution in [1.29, 1.82) is 0 Å². The van der Waals surface area contributed by atoms with Gasteiger partial charge in [0.15, 0.2) is 12.3 Å². The van der Waals surface area contributed by atoms with Gasteiger partial charge in [-0.25, -0.2) is 13.2 Å². The summed E-state index contributed by atoms with van der Waals surface area (Å²) in [7, 11) is 0. The number of alkyl halides is 5. The number of amides is 1. The maximum Gasteiger partial charge on any atom is 0.419 e. The molecule has 2 aromatic rings. The Hall–Kier alpha value is -2.92. The van der Waals surface area contributed by atoms with E-state index in [1.165, 1.54) is 6.92 Å². The zero-order chi connectivity index (χ0) is 24.0. The molecule has 2 N–H and O–H groups in total. The van der Waals surface area contributed by atoms with Gasteiger partial charge >= 0.3 is 6.18 Å². The Bertz CT molecular complexity index is 1130. The molecule has 1 aromatic heterocycles. The van der Waals surface area contributed by atoms with E-state index in [9.17, 15) is 40.8 Å². The number of pyridine rings is 1. The number of nitrogens with zero attached hydrogens (tertiary/aromatic N) is 1. The van der Waals surface area contributed by atoms with Crippen LogP contribution in [0.3, 0.4) is 0 Å². The van der Waals surface area contributed by atoms with Crippen molar-refractivity contribution in [1.82, 2.24) is 10.3 Å². The third kappa shape index (κ3) is 4.49. The average Bonchev–Trinajstić information content (AvgIpc) is 2.63. The molecule has 1 saturated heterocycles. The molecule has 6 nitrogen and oxygen atoms in total. The Balaban J connectivity index is 1.91. The highest BCUT2D eigenvalue weighted by molar-refractivity contribution is 5.89. The van der Waals surface area contributed by atoms with Crippen LogP contribution in [0.5, 0.6) is 0 Å². The SMILES string of the molecule is Cc1c(CC(=O)N[C@@H](C)C2C(F)CC(F)C[N+]2=O)c(=O)[nH]c2ccc(F)c(C(F)(F)F)c12. The highest BCUT2D eigenvalue weighted by Crippen LogP contribution is 2.37. The third-order valence-electron chi connectivity index (χ3n) is 5.59. The van der Waals surface area contributed by atoms with Gasteiger partial charge in [0, 0.05) is 32.6 Å². The van der Waals surface area contributed by atoms with Crippen LogP contribution in [0.1, 0.15) is 30.0 Å². The van der Waals surface area contributed by atoms with Crippen LogP contribution in [0.15, 0.2) is 16.9 Å². The zero-order valence-electron chi connectivity index (χ0n) is 17.0. The first kappa shape index (κ1) is 23.7. The van der Waals surface area contributed by atoms with Crippen molar-refractivity contribution < 1.29 is 35.9 Å². The lowest BCUT2D eigenvalue weighted by atomic mass is 9.95. The lowest BCUT2D eigenvalue weighted by Crippen LogP contribution is -2.55. The van der Waals surface area contributed by atoms with Gasteiger partial charge in [-0.1, -0.05) is 0 Å². The Labute approximate surface area is 177 Å². The minimum absolute atomic E-state index is 0.205. The second-order valence-corrected chi connectivity index (χ2v) is 7.87. The van der Waals surface area contributed by atoms with E-state index < -0.39 is 78.2 Å². The molecular formula is C20H20F6N3O3+. The fourth-order valence-electron chi connectivity index (χ4n) is 4.15. The molecule has 1 aliphatic rings. The van der Waals surface area contributed by atoms with Crippen molar-refractivity contribution in [2.75, 3.05) is 6.54 Å². The van der Waals surface area contributed by atoms with Crippen LogP contribution >= 0.6 is 0 Å². The van der Waals surface area contributed by atoms with Gasteiger partial charge in [0.1, 0.15) is 11.4 Å². The van der Waals surface area contributed by atoms with E-state index in [0.29, 0.717) is 6.07 Å². The fourth-order valence-corrected chi connectivity index (χ4v) is 4.15. The number of rotatable bonds is 4. The molecule has 174 valence electrons. The Kier molecular flexibility index (Phi) is 6.34. The number of H-pyrrole nitrogens is 1. The first-order valence-electron chi connectivity index (χ1n) is 9.73. The van der Waals surface area contributed by atoms with Crippen molar-refractivity contribution in [3.05, 3.63) is 49.9 Å². The summed E-state index contributed by atoms with van der Waals surface area (Å²) in [5.41, 5.74) is -3.22. The van der Waals surface area contributed by atoms with Gasteiger partial charge in [-0.2, -0.15) is 13.2 Å². The minimum atomic E-state index is -5.05. The van der Waals surface area contributed by atoms with Crippen molar-refractivity contribution >= 4 is 16.8 Å². The van der Waals surface area contributed by atoms with E-state index in [1.807, 2.05) is 0 Å². The molecule has 0 spiro atoms. The Morgan fingerprint density at radius 3 is 2.56 bits per heavy atom. The number of nitroso groups, excluding NO2 is 1. The van der Waals surface area contributed by atoms with E-state index in [4.69, 9.17) is 0 Å². The monoisotopic (exact) mass is 464 g/mol. The molecule has 0 saturated carbocycles. The number of aromatic amines is 1. The molecule has 1 aliphatic heterocycles. The molecule has 0 radical (unpaired) electrons. The first-order chi connectivity index (χ1) is 14.8. The average molecular weight is 464 g/mol. The fraction of sp³-hybridized carbons (Fsp3) is 0.500.